The van der Waals surface area contributed by atoms with Crippen LogP contribution in [0.3, 0.4) is 0 Å². The van der Waals surface area contributed by atoms with Crippen LogP contribution >= 0.6 is 0 Å². The smallest absolute Gasteiger partial charge is 0.307 e. The summed E-state index contributed by atoms with van der Waals surface area (Å²) in [6, 6.07) is 10.8. The van der Waals surface area contributed by atoms with Crippen molar-refractivity contribution in [2.45, 2.75) is 31.2 Å². The number of ether oxygens (including phenoxy) is 1. The molecule has 0 aliphatic carbocycles. The molecule has 1 N–H and O–H groups in total. The van der Waals surface area contributed by atoms with Crippen molar-refractivity contribution >= 4 is 21.7 Å². The van der Waals surface area contributed by atoms with Crippen molar-refractivity contribution in [2.75, 3.05) is 6.61 Å². The highest BCUT2D eigenvalue weighted by Crippen LogP contribution is 2.23. The van der Waals surface area contributed by atoms with Crippen LogP contribution in [0.25, 0.3) is 0 Å². The first-order chi connectivity index (χ1) is 12.7. The van der Waals surface area contributed by atoms with Crippen molar-refractivity contribution < 1.29 is 22.9 Å². The maximum absolute atomic E-state index is 12.7. The first-order valence-electron chi connectivity index (χ1n) is 8.22. The molecule has 2 aromatic carbocycles. The summed E-state index contributed by atoms with van der Waals surface area (Å²) in [5, 5.41) is 10.7. The zero-order valence-corrected chi connectivity index (χ0v) is 15.7. The second kappa shape index (κ2) is 8.74. The normalized spacial score (nSPS) is 12.4. The molecule has 0 aromatic heterocycles. The molecule has 0 aliphatic heterocycles. The van der Waals surface area contributed by atoms with E-state index in [0.29, 0.717) is 5.56 Å². The zero-order valence-electron chi connectivity index (χ0n) is 14.9. The number of non-ortho nitro benzene ring substituents is 1. The Labute approximate surface area is 157 Å². The Morgan fingerprint density at radius 3 is 2.26 bits per heavy atom. The van der Waals surface area contributed by atoms with E-state index in [4.69, 9.17) is 4.74 Å². The van der Waals surface area contributed by atoms with E-state index in [1.165, 1.54) is 0 Å². The van der Waals surface area contributed by atoms with Crippen molar-refractivity contribution in [2.24, 2.45) is 0 Å². The van der Waals surface area contributed by atoms with Gasteiger partial charge in [-0.05, 0) is 31.5 Å². The summed E-state index contributed by atoms with van der Waals surface area (Å²) < 4.78 is 32.8. The number of nitrogens with one attached hydrogen (secondary N) is 1. The number of benzene rings is 2. The van der Waals surface area contributed by atoms with Gasteiger partial charge in [0, 0.05) is 12.1 Å². The van der Waals surface area contributed by atoms with Crippen LogP contribution in [-0.2, 0) is 19.6 Å². The average molecular weight is 392 g/mol. The van der Waals surface area contributed by atoms with Gasteiger partial charge in [0.25, 0.3) is 5.69 Å². The van der Waals surface area contributed by atoms with Crippen LogP contribution in [0, 0.1) is 17.0 Å². The highest BCUT2D eigenvalue weighted by Gasteiger charge is 2.24. The third-order valence-corrected chi connectivity index (χ3v) is 5.30. The zero-order chi connectivity index (χ0) is 20.0. The number of aryl methyl sites for hydroxylation is 1. The van der Waals surface area contributed by atoms with E-state index in [0.717, 1.165) is 29.8 Å². The van der Waals surface area contributed by atoms with Gasteiger partial charge in [-0.15, -0.1) is 0 Å². The fourth-order valence-corrected chi connectivity index (χ4v) is 3.64. The van der Waals surface area contributed by atoms with Gasteiger partial charge in [0.1, 0.15) is 0 Å². The molecule has 0 aliphatic rings. The second-order valence-corrected chi connectivity index (χ2v) is 7.56. The molecule has 0 heterocycles. The van der Waals surface area contributed by atoms with Crippen LogP contribution in [0.15, 0.2) is 53.4 Å². The molecule has 8 nitrogen and oxygen atoms in total. The molecule has 0 spiro atoms. The number of esters is 1. The molecule has 0 saturated heterocycles. The fraction of sp³-hybridized carbons (Fsp3) is 0.278. The number of nitro groups is 1. The van der Waals surface area contributed by atoms with Crippen LogP contribution < -0.4 is 4.72 Å². The van der Waals surface area contributed by atoms with Gasteiger partial charge in [-0.2, -0.15) is 0 Å². The van der Waals surface area contributed by atoms with E-state index in [1.807, 2.05) is 19.1 Å². The number of nitro benzene ring substituents is 1. The first-order valence-corrected chi connectivity index (χ1v) is 9.70. The van der Waals surface area contributed by atoms with E-state index >= 15 is 0 Å². The van der Waals surface area contributed by atoms with Gasteiger partial charge in [-0.1, -0.05) is 29.8 Å². The van der Waals surface area contributed by atoms with E-state index in [-0.39, 0.29) is 23.6 Å². The number of carbonyl (C=O) groups excluding carboxylic acids is 1. The molecule has 0 radical (unpaired) electrons. The predicted molar refractivity (Wildman–Crippen MR) is 98.6 cm³/mol. The third kappa shape index (κ3) is 5.60. The summed E-state index contributed by atoms with van der Waals surface area (Å²) in [6.07, 6.45) is -0.177. The highest BCUT2D eigenvalue weighted by atomic mass is 32.2. The molecule has 0 bridgehead atoms. The van der Waals surface area contributed by atoms with Gasteiger partial charge in [-0.25, -0.2) is 13.1 Å². The lowest BCUT2D eigenvalue weighted by Crippen LogP contribution is -2.30. The summed E-state index contributed by atoms with van der Waals surface area (Å²) >= 11 is 0. The topological polar surface area (TPSA) is 116 Å². The van der Waals surface area contributed by atoms with Crippen molar-refractivity contribution in [1.82, 2.24) is 4.72 Å². The maximum atomic E-state index is 12.7. The lowest BCUT2D eigenvalue weighted by Gasteiger charge is -2.19. The molecular formula is C18H20N2O6S. The third-order valence-electron chi connectivity index (χ3n) is 3.81. The number of rotatable bonds is 8. The monoisotopic (exact) mass is 392 g/mol. The van der Waals surface area contributed by atoms with E-state index < -0.39 is 27.0 Å². The summed E-state index contributed by atoms with van der Waals surface area (Å²) in [7, 11) is -4.00. The van der Waals surface area contributed by atoms with Crippen LogP contribution in [0.2, 0.25) is 0 Å². The summed E-state index contributed by atoms with van der Waals surface area (Å²) in [6.45, 7) is 3.75. The number of hydrogen-bond acceptors (Lipinski definition) is 6. The Balaban J connectivity index is 2.30. The van der Waals surface area contributed by atoms with E-state index in [2.05, 4.69) is 4.72 Å². The molecule has 9 heteroatoms. The Hall–Kier alpha value is -2.78. The van der Waals surface area contributed by atoms with Gasteiger partial charge < -0.3 is 4.74 Å². The standard InChI is InChI=1S/C18H20N2O6S/c1-3-26-18(21)12-17(14-6-4-13(2)5-7-14)19-27(24,25)16-10-8-15(9-11-16)20(22)23/h4-11,17,19H,3,12H2,1-2H3/t17-/m1/s1. The summed E-state index contributed by atoms with van der Waals surface area (Å²) in [5.74, 6) is -0.533. The number of sulfonamides is 1. The number of carbonyl (C=O) groups is 1. The SMILES string of the molecule is CCOC(=O)C[C@@H](NS(=O)(=O)c1ccc([N+](=O)[O-])cc1)c1ccc(C)cc1. The molecule has 27 heavy (non-hydrogen) atoms. The molecule has 0 saturated carbocycles. The summed E-state index contributed by atoms with van der Waals surface area (Å²) in [4.78, 5) is 21.9. The maximum Gasteiger partial charge on any atom is 0.307 e. The summed E-state index contributed by atoms with van der Waals surface area (Å²) in [5.41, 5.74) is 1.39. The largest absolute Gasteiger partial charge is 0.466 e. The van der Waals surface area contributed by atoms with E-state index in [9.17, 15) is 23.3 Å². The Kier molecular flexibility index (Phi) is 6.65. The van der Waals surface area contributed by atoms with Gasteiger partial charge in [0.15, 0.2) is 0 Å². The fourth-order valence-electron chi connectivity index (χ4n) is 2.42. The number of hydrogen-bond donors (Lipinski definition) is 1. The van der Waals surface area contributed by atoms with Gasteiger partial charge >= 0.3 is 5.97 Å². The minimum atomic E-state index is -4.00. The quantitative estimate of drug-likeness (QED) is 0.419. The molecule has 2 rings (SSSR count). The van der Waals surface area contributed by atoms with Gasteiger partial charge in [0.05, 0.1) is 28.9 Å². The lowest BCUT2D eigenvalue weighted by molar-refractivity contribution is -0.384. The molecular weight excluding hydrogens is 372 g/mol. The number of nitrogens with zero attached hydrogens (tertiary/aromatic N) is 1. The van der Waals surface area contributed by atoms with Crippen molar-refractivity contribution in [3.63, 3.8) is 0 Å². The molecule has 0 fully saturated rings. The van der Waals surface area contributed by atoms with Crippen LogP contribution in [0.5, 0.6) is 0 Å². The first kappa shape index (κ1) is 20.5. The Morgan fingerprint density at radius 2 is 1.74 bits per heavy atom. The highest BCUT2D eigenvalue weighted by molar-refractivity contribution is 7.89. The Bertz CT molecular complexity index is 908. The predicted octanol–water partition coefficient (Wildman–Crippen LogP) is 2.88. The second-order valence-electron chi connectivity index (χ2n) is 5.84. The molecule has 0 amide bonds. The van der Waals surface area contributed by atoms with Crippen LogP contribution in [0.4, 0.5) is 5.69 Å². The van der Waals surface area contributed by atoms with Gasteiger partial charge in [-0.3, -0.25) is 14.9 Å². The van der Waals surface area contributed by atoms with Crippen molar-refractivity contribution in [3.8, 4) is 0 Å². The molecule has 0 unspecified atom stereocenters. The lowest BCUT2D eigenvalue weighted by atomic mass is 10.0. The average Bonchev–Trinajstić information content (AvgIpc) is 2.62. The van der Waals surface area contributed by atoms with Crippen LogP contribution in [0.1, 0.15) is 30.5 Å². The molecule has 1 atom stereocenters. The van der Waals surface area contributed by atoms with E-state index in [1.54, 1.807) is 19.1 Å². The minimum absolute atomic E-state index is 0.130. The van der Waals surface area contributed by atoms with Gasteiger partial charge in [0.2, 0.25) is 10.0 Å². The molecule has 144 valence electrons. The van der Waals surface area contributed by atoms with Crippen molar-refractivity contribution in [3.05, 3.63) is 69.8 Å². The molecule has 2 aromatic rings. The minimum Gasteiger partial charge on any atom is -0.466 e. The Morgan fingerprint density at radius 1 is 1.15 bits per heavy atom. The van der Waals surface area contributed by atoms with Crippen molar-refractivity contribution in [1.29, 1.82) is 0 Å². The van der Waals surface area contributed by atoms with Crippen LogP contribution in [-0.4, -0.2) is 25.9 Å².